The average Bonchev–Trinajstić information content (AvgIpc) is 3.01. The number of carbonyl (C=O) groups is 1. The molecule has 0 aromatic carbocycles. The Morgan fingerprint density at radius 3 is 2.88 bits per heavy atom. The minimum Gasteiger partial charge on any atom is -0.355 e. The number of nitrogens with one attached hydrogen (secondary N) is 1. The summed E-state index contributed by atoms with van der Waals surface area (Å²) in [5.74, 6) is 0.588. The highest BCUT2D eigenvalue weighted by atomic mass is 16.1. The molecule has 4 heterocycles. The Bertz CT molecular complexity index is 944. The van der Waals surface area contributed by atoms with E-state index >= 15 is 0 Å². The first-order valence-electron chi connectivity index (χ1n) is 8.79. The zero-order valence-corrected chi connectivity index (χ0v) is 15.0. The molecule has 1 fully saturated rings. The Labute approximate surface area is 152 Å². The average molecular weight is 350 g/mol. The summed E-state index contributed by atoms with van der Waals surface area (Å²) in [5.41, 5.74) is 3.55. The van der Waals surface area contributed by atoms with Crippen molar-refractivity contribution in [2.75, 3.05) is 26.7 Å². The number of aromatic nitrogens is 4. The van der Waals surface area contributed by atoms with Crippen LogP contribution >= 0.6 is 0 Å². The second-order valence-electron chi connectivity index (χ2n) is 7.01. The zero-order chi connectivity index (χ0) is 18.1. The van der Waals surface area contributed by atoms with Crippen LogP contribution < -0.4 is 5.32 Å². The van der Waals surface area contributed by atoms with E-state index in [1.54, 1.807) is 18.6 Å². The quantitative estimate of drug-likeness (QED) is 0.752. The molecule has 0 spiro atoms. The Balaban J connectivity index is 1.45. The Hall–Kier alpha value is -2.80. The minimum absolute atomic E-state index is 0.0172. The molecule has 7 heteroatoms. The van der Waals surface area contributed by atoms with Crippen LogP contribution in [-0.2, 0) is 11.2 Å². The molecular formula is C19H22N6O. The Morgan fingerprint density at radius 1 is 1.27 bits per heavy atom. The van der Waals surface area contributed by atoms with Gasteiger partial charge in [-0.15, -0.1) is 0 Å². The van der Waals surface area contributed by atoms with Gasteiger partial charge in [-0.05, 0) is 32.2 Å². The highest BCUT2D eigenvalue weighted by Gasteiger charge is 2.23. The first-order chi connectivity index (χ1) is 12.6. The lowest BCUT2D eigenvalue weighted by Crippen LogP contribution is -2.49. The van der Waals surface area contributed by atoms with E-state index in [4.69, 9.17) is 0 Å². The fraction of sp³-hybridized carbons (Fsp3) is 0.368. The molecule has 3 aromatic heterocycles. The topological polar surface area (TPSA) is 75.9 Å². The zero-order valence-electron chi connectivity index (χ0n) is 15.0. The molecule has 26 heavy (non-hydrogen) atoms. The number of hydrogen-bond acceptors (Lipinski definition) is 5. The van der Waals surface area contributed by atoms with E-state index in [1.165, 1.54) is 0 Å². The van der Waals surface area contributed by atoms with Crippen LogP contribution in [0.25, 0.3) is 16.6 Å². The maximum absolute atomic E-state index is 12.1. The van der Waals surface area contributed by atoms with Crippen LogP contribution in [0.15, 0.2) is 36.8 Å². The molecule has 0 unspecified atom stereocenters. The number of aryl methyl sites for hydroxylation is 1. The fourth-order valence-corrected chi connectivity index (χ4v) is 3.38. The molecule has 0 saturated carbocycles. The van der Waals surface area contributed by atoms with Gasteiger partial charge in [0.15, 0.2) is 0 Å². The third-order valence-corrected chi connectivity index (χ3v) is 4.71. The van der Waals surface area contributed by atoms with Crippen molar-refractivity contribution in [2.24, 2.45) is 5.92 Å². The lowest BCUT2D eigenvalue weighted by molar-refractivity contribution is -0.120. The summed E-state index contributed by atoms with van der Waals surface area (Å²) in [5, 5.41) is 8.43. The van der Waals surface area contributed by atoms with Crippen LogP contribution in [0.3, 0.4) is 0 Å². The maximum atomic E-state index is 12.1. The lowest BCUT2D eigenvalue weighted by atomic mass is 10.0. The summed E-state index contributed by atoms with van der Waals surface area (Å²) in [6.07, 6.45) is 5.64. The molecule has 134 valence electrons. The third kappa shape index (κ3) is 3.43. The summed E-state index contributed by atoms with van der Waals surface area (Å²) in [4.78, 5) is 23.1. The predicted octanol–water partition coefficient (Wildman–Crippen LogP) is 1.34. The molecule has 3 aromatic rings. The van der Waals surface area contributed by atoms with Crippen LogP contribution in [-0.4, -0.2) is 57.2 Å². The first kappa shape index (κ1) is 16.7. The van der Waals surface area contributed by atoms with E-state index in [2.05, 4.69) is 32.3 Å². The molecule has 0 bridgehead atoms. The number of nitrogens with zero attached hydrogens (tertiary/aromatic N) is 5. The standard InChI is InChI=1S/C19H22N6O/c1-13-5-17(3-4-20-13)25-18-10-21-16(6-15(18)9-23-25)7-19(26)22-8-14-11-24(2)12-14/h3-6,9-10,14H,7-8,11-12H2,1-2H3,(H,22,26). The third-order valence-electron chi connectivity index (χ3n) is 4.71. The number of carbonyl (C=O) groups excluding carboxylic acids is 1. The summed E-state index contributed by atoms with van der Waals surface area (Å²) in [7, 11) is 2.09. The minimum atomic E-state index is 0.0172. The molecule has 7 nitrogen and oxygen atoms in total. The molecule has 0 atom stereocenters. The van der Waals surface area contributed by atoms with Gasteiger partial charge in [0.2, 0.25) is 5.91 Å². The molecule has 4 rings (SSSR count). The van der Waals surface area contributed by atoms with Crippen LogP contribution in [0, 0.1) is 12.8 Å². The van der Waals surface area contributed by atoms with E-state index in [0.29, 0.717) is 5.92 Å². The van der Waals surface area contributed by atoms with Crippen molar-refractivity contribution in [3.05, 3.63) is 48.2 Å². The number of amides is 1. The number of rotatable bonds is 5. The summed E-state index contributed by atoms with van der Waals surface area (Å²) < 4.78 is 1.84. The number of likely N-dealkylation sites (tertiary alicyclic amines) is 1. The van der Waals surface area contributed by atoms with Gasteiger partial charge >= 0.3 is 0 Å². The van der Waals surface area contributed by atoms with Gasteiger partial charge in [-0.1, -0.05) is 0 Å². The molecule has 0 radical (unpaired) electrons. The number of pyridine rings is 2. The van der Waals surface area contributed by atoms with Gasteiger partial charge in [-0.3, -0.25) is 14.8 Å². The van der Waals surface area contributed by atoms with Gasteiger partial charge in [0.1, 0.15) is 0 Å². The van der Waals surface area contributed by atoms with Crippen molar-refractivity contribution in [1.82, 2.24) is 30.0 Å². The van der Waals surface area contributed by atoms with Crippen molar-refractivity contribution in [2.45, 2.75) is 13.3 Å². The second-order valence-corrected chi connectivity index (χ2v) is 7.01. The smallest absolute Gasteiger partial charge is 0.226 e. The van der Waals surface area contributed by atoms with Crippen molar-refractivity contribution in [3.8, 4) is 5.69 Å². The van der Waals surface area contributed by atoms with E-state index < -0.39 is 0 Å². The summed E-state index contributed by atoms with van der Waals surface area (Å²) in [6, 6.07) is 5.83. The predicted molar refractivity (Wildman–Crippen MR) is 99.1 cm³/mol. The molecule has 1 aliphatic rings. The maximum Gasteiger partial charge on any atom is 0.226 e. The van der Waals surface area contributed by atoms with E-state index in [9.17, 15) is 4.79 Å². The Morgan fingerprint density at radius 2 is 2.12 bits per heavy atom. The van der Waals surface area contributed by atoms with Crippen LogP contribution in [0.4, 0.5) is 0 Å². The fourth-order valence-electron chi connectivity index (χ4n) is 3.38. The molecule has 1 amide bonds. The van der Waals surface area contributed by atoms with Crippen LogP contribution in [0.1, 0.15) is 11.4 Å². The molecule has 1 N–H and O–H groups in total. The number of hydrogen-bond donors (Lipinski definition) is 1. The lowest BCUT2D eigenvalue weighted by Gasteiger charge is -2.36. The first-order valence-corrected chi connectivity index (χ1v) is 8.79. The van der Waals surface area contributed by atoms with Crippen LogP contribution in [0.2, 0.25) is 0 Å². The SMILES string of the molecule is Cc1cc(-n2ncc3cc(CC(=O)NCC4CN(C)C4)ncc32)ccn1. The van der Waals surface area contributed by atoms with Gasteiger partial charge in [0.05, 0.1) is 35.7 Å². The molecular weight excluding hydrogens is 328 g/mol. The van der Waals surface area contributed by atoms with Crippen molar-refractivity contribution < 1.29 is 4.79 Å². The van der Waals surface area contributed by atoms with Crippen molar-refractivity contribution in [1.29, 1.82) is 0 Å². The van der Waals surface area contributed by atoms with Gasteiger partial charge < -0.3 is 10.2 Å². The summed E-state index contributed by atoms with van der Waals surface area (Å²) in [6.45, 7) is 4.80. The molecule has 1 aliphatic heterocycles. The van der Waals surface area contributed by atoms with Gasteiger partial charge in [0, 0.05) is 42.8 Å². The van der Waals surface area contributed by atoms with E-state index in [0.717, 1.165) is 47.6 Å². The highest BCUT2D eigenvalue weighted by Crippen LogP contribution is 2.19. The largest absolute Gasteiger partial charge is 0.355 e. The summed E-state index contributed by atoms with van der Waals surface area (Å²) >= 11 is 0. The normalized spacial score (nSPS) is 15.2. The molecule has 0 aliphatic carbocycles. The van der Waals surface area contributed by atoms with Crippen LogP contribution in [0.5, 0.6) is 0 Å². The second kappa shape index (κ2) is 6.84. The monoisotopic (exact) mass is 350 g/mol. The molecule has 1 saturated heterocycles. The van der Waals surface area contributed by atoms with Crippen molar-refractivity contribution in [3.63, 3.8) is 0 Å². The van der Waals surface area contributed by atoms with Crippen molar-refractivity contribution >= 4 is 16.8 Å². The highest BCUT2D eigenvalue weighted by molar-refractivity contribution is 5.82. The van der Waals surface area contributed by atoms with E-state index in [1.807, 2.05) is 29.8 Å². The van der Waals surface area contributed by atoms with Gasteiger partial charge in [-0.2, -0.15) is 5.10 Å². The Kier molecular flexibility index (Phi) is 4.38. The van der Waals surface area contributed by atoms with E-state index in [-0.39, 0.29) is 12.3 Å². The number of fused-ring (bicyclic) bond motifs is 1. The van der Waals surface area contributed by atoms with Gasteiger partial charge in [-0.25, -0.2) is 4.68 Å². The van der Waals surface area contributed by atoms with Gasteiger partial charge in [0.25, 0.3) is 0 Å².